The van der Waals surface area contributed by atoms with Gasteiger partial charge in [-0.15, -0.1) is 0 Å². The minimum Gasteiger partial charge on any atom is -0.454 e. The summed E-state index contributed by atoms with van der Waals surface area (Å²) in [6.07, 6.45) is -0.729. The molecule has 6 heterocycles. The molecule has 51 heavy (non-hydrogen) atoms. The Kier molecular flexibility index (Phi) is 5.27. The number of hydrogen-bond donors (Lipinski definition) is 1. The first-order valence-corrected chi connectivity index (χ1v) is 16.9. The summed E-state index contributed by atoms with van der Waals surface area (Å²) in [5.41, 5.74) is 8.49. The van der Waals surface area contributed by atoms with E-state index in [2.05, 4.69) is 89.9 Å². The van der Waals surface area contributed by atoms with Crippen molar-refractivity contribution in [2.75, 3.05) is 51.1 Å². The minimum absolute atomic E-state index is 0.163. The standard InChI is InChI=1S/C40H29N3O8/c1-42-35-23(5-3-19-11-29-31(13-25(19)35)48-15-46-29)21-7-9-27-37(50-17-44-27)33(21)39(42)41-40-34-22(8-10-28-38(34)51-18-45-28)24-6-4-20-12-30-32(49-16-47-30)14-26(20)36(24)43(40)2/h3-14,39-41H,15-18H2,1-2H3/t39-,40+. The van der Waals surface area contributed by atoms with Crippen LogP contribution >= 0.6 is 0 Å². The predicted molar refractivity (Wildman–Crippen MR) is 189 cm³/mol. The molecule has 11 heteroatoms. The lowest BCUT2D eigenvalue weighted by Gasteiger charge is -2.45. The summed E-state index contributed by atoms with van der Waals surface area (Å²) in [4.78, 5) is 4.60. The lowest BCUT2D eigenvalue weighted by atomic mass is 9.86. The largest absolute Gasteiger partial charge is 0.454 e. The number of rotatable bonds is 2. The first-order chi connectivity index (χ1) is 25.1. The van der Waals surface area contributed by atoms with Crippen molar-refractivity contribution >= 4 is 32.9 Å². The molecule has 6 aromatic rings. The van der Waals surface area contributed by atoms with Gasteiger partial charge in [0.05, 0.1) is 11.4 Å². The smallest absolute Gasteiger partial charge is 0.231 e. The molecule has 12 rings (SSSR count). The Morgan fingerprint density at radius 1 is 0.451 bits per heavy atom. The van der Waals surface area contributed by atoms with Crippen molar-refractivity contribution in [2.45, 2.75) is 12.3 Å². The van der Waals surface area contributed by atoms with E-state index in [0.717, 1.165) is 112 Å². The van der Waals surface area contributed by atoms with Gasteiger partial charge in [0.15, 0.2) is 46.0 Å². The summed E-state index contributed by atoms with van der Waals surface area (Å²) in [5, 5.41) is 8.38. The number of benzene rings is 6. The summed E-state index contributed by atoms with van der Waals surface area (Å²) in [6.45, 7) is 0.747. The molecule has 1 N–H and O–H groups in total. The molecule has 6 aromatic carbocycles. The van der Waals surface area contributed by atoms with Gasteiger partial charge in [-0.3, -0.25) is 5.32 Å². The molecule has 11 nitrogen and oxygen atoms in total. The Morgan fingerprint density at radius 3 is 1.31 bits per heavy atom. The van der Waals surface area contributed by atoms with Gasteiger partial charge in [-0.1, -0.05) is 24.3 Å². The Balaban J connectivity index is 1.09. The number of fused-ring (bicyclic) bond motifs is 16. The highest BCUT2D eigenvalue weighted by molar-refractivity contribution is 6.07. The summed E-state index contributed by atoms with van der Waals surface area (Å²) in [7, 11) is 4.25. The van der Waals surface area contributed by atoms with E-state index in [1.807, 2.05) is 12.1 Å². The zero-order valence-corrected chi connectivity index (χ0v) is 27.6. The van der Waals surface area contributed by atoms with Crippen LogP contribution in [-0.2, 0) is 0 Å². The first-order valence-electron chi connectivity index (χ1n) is 16.9. The zero-order valence-electron chi connectivity index (χ0n) is 27.6. The molecule has 6 aliphatic rings. The van der Waals surface area contributed by atoms with Gasteiger partial charge < -0.3 is 47.7 Å². The molecule has 0 aliphatic carbocycles. The number of nitrogens with one attached hydrogen (secondary N) is 1. The molecule has 0 unspecified atom stereocenters. The summed E-state index contributed by atoms with van der Waals surface area (Å²) in [5.74, 6) is 5.92. The molecule has 252 valence electrons. The number of nitrogens with zero attached hydrogens (tertiary/aromatic N) is 2. The van der Waals surface area contributed by atoms with E-state index in [1.165, 1.54) is 0 Å². The second-order valence-electron chi connectivity index (χ2n) is 13.5. The molecule has 0 radical (unpaired) electrons. The molecule has 0 amide bonds. The lowest BCUT2D eigenvalue weighted by molar-refractivity contribution is 0.172. The molecule has 0 spiro atoms. The van der Waals surface area contributed by atoms with Crippen molar-refractivity contribution in [1.29, 1.82) is 0 Å². The van der Waals surface area contributed by atoms with Crippen molar-refractivity contribution in [1.82, 2.24) is 5.32 Å². The Morgan fingerprint density at radius 2 is 0.843 bits per heavy atom. The molecule has 0 saturated carbocycles. The van der Waals surface area contributed by atoms with Crippen LogP contribution in [-0.4, -0.2) is 41.3 Å². The fourth-order valence-corrected chi connectivity index (χ4v) is 8.78. The number of anilines is 2. The Labute approximate surface area is 291 Å². The van der Waals surface area contributed by atoms with Crippen LogP contribution in [0, 0.1) is 0 Å². The second kappa shape index (κ2) is 9.73. The third-order valence-corrected chi connectivity index (χ3v) is 11.0. The van der Waals surface area contributed by atoms with Gasteiger partial charge in [0, 0.05) is 47.1 Å². The molecule has 0 bridgehead atoms. The Hall–Kier alpha value is -6.20. The van der Waals surface area contributed by atoms with Gasteiger partial charge in [0.1, 0.15) is 12.3 Å². The number of hydrogen-bond acceptors (Lipinski definition) is 11. The predicted octanol–water partition coefficient (Wildman–Crippen LogP) is 7.43. The van der Waals surface area contributed by atoms with E-state index in [1.54, 1.807) is 0 Å². The molecule has 0 aromatic heterocycles. The molecule has 2 atom stereocenters. The van der Waals surface area contributed by atoms with Crippen LogP contribution in [0.15, 0.2) is 72.8 Å². The maximum atomic E-state index is 6.25. The van der Waals surface area contributed by atoms with Crippen LogP contribution in [0.25, 0.3) is 43.8 Å². The van der Waals surface area contributed by atoms with Crippen molar-refractivity contribution in [3.05, 3.63) is 83.9 Å². The Bertz CT molecular complexity index is 2380. The van der Waals surface area contributed by atoms with Crippen molar-refractivity contribution < 1.29 is 37.9 Å². The van der Waals surface area contributed by atoms with Crippen LogP contribution in [0.3, 0.4) is 0 Å². The SMILES string of the molecule is CN1c2c(ccc3cc4c(cc23)OCO4)-c2ccc3c(c2[C@H]1N[C@H]1c2c(ccc4c2OCO4)-c2ccc4cc5c(cc4c2N1C)OCO5)OCO3. The molecule has 0 fully saturated rings. The van der Waals surface area contributed by atoms with E-state index in [0.29, 0.717) is 0 Å². The highest BCUT2D eigenvalue weighted by Crippen LogP contribution is 2.57. The van der Waals surface area contributed by atoms with Gasteiger partial charge in [0.25, 0.3) is 0 Å². The monoisotopic (exact) mass is 679 g/mol. The topological polar surface area (TPSA) is 92.4 Å². The summed E-state index contributed by atoms with van der Waals surface area (Å²) < 4.78 is 47.6. The minimum atomic E-state index is -0.365. The van der Waals surface area contributed by atoms with E-state index < -0.39 is 0 Å². The van der Waals surface area contributed by atoms with E-state index in [-0.39, 0.29) is 39.5 Å². The first kappa shape index (κ1) is 27.6. The fourth-order valence-electron chi connectivity index (χ4n) is 8.78. The van der Waals surface area contributed by atoms with Crippen molar-refractivity contribution in [3.63, 3.8) is 0 Å². The fraction of sp³-hybridized carbons (Fsp3) is 0.200. The number of ether oxygens (including phenoxy) is 8. The van der Waals surface area contributed by atoms with Crippen LogP contribution in [0.2, 0.25) is 0 Å². The van der Waals surface area contributed by atoms with Gasteiger partial charge in [-0.25, -0.2) is 0 Å². The maximum Gasteiger partial charge on any atom is 0.231 e. The third kappa shape index (κ3) is 3.60. The van der Waals surface area contributed by atoms with Crippen LogP contribution in [0.1, 0.15) is 23.5 Å². The van der Waals surface area contributed by atoms with Crippen molar-refractivity contribution in [2.24, 2.45) is 0 Å². The van der Waals surface area contributed by atoms with Crippen LogP contribution < -0.4 is 53.0 Å². The highest BCUT2D eigenvalue weighted by atomic mass is 16.7. The van der Waals surface area contributed by atoms with Crippen LogP contribution in [0.4, 0.5) is 11.4 Å². The molecule has 6 aliphatic heterocycles. The van der Waals surface area contributed by atoms with Gasteiger partial charge in [-0.05, 0) is 70.4 Å². The molecular weight excluding hydrogens is 650 g/mol. The van der Waals surface area contributed by atoms with Gasteiger partial charge >= 0.3 is 0 Å². The average molecular weight is 680 g/mol. The van der Waals surface area contributed by atoms with E-state index in [4.69, 9.17) is 37.9 Å². The van der Waals surface area contributed by atoms with Gasteiger partial charge in [0.2, 0.25) is 27.2 Å². The third-order valence-electron chi connectivity index (χ3n) is 11.0. The van der Waals surface area contributed by atoms with E-state index in [9.17, 15) is 0 Å². The zero-order chi connectivity index (χ0) is 33.5. The summed E-state index contributed by atoms with van der Waals surface area (Å²) in [6, 6.07) is 25.2. The van der Waals surface area contributed by atoms with E-state index >= 15 is 0 Å². The van der Waals surface area contributed by atoms with Gasteiger partial charge in [-0.2, -0.15) is 0 Å². The van der Waals surface area contributed by atoms with Crippen molar-refractivity contribution in [3.8, 4) is 68.2 Å². The summed E-state index contributed by atoms with van der Waals surface area (Å²) >= 11 is 0. The maximum absolute atomic E-state index is 6.25. The average Bonchev–Trinajstić information content (AvgIpc) is 3.98. The normalized spacial score (nSPS) is 19.3. The molecule has 0 saturated heterocycles. The highest BCUT2D eigenvalue weighted by Gasteiger charge is 2.42. The lowest BCUT2D eigenvalue weighted by Crippen LogP contribution is -2.46. The molecular formula is C40H29N3O8. The van der Waals surface area contributed by atoms with Crippen LogP contribution in [0.5, 0.6) is 46.0 Å². The quantitative estimate of drug-likeness (QED) is 0.198. The second-order valence-corrected chi connectivity index (χ2v) is 13.5.